The van der Waals surface area contributed by atoms with Crippen LogP contribution in [0.5, 0.6) is 0 Å². The van der Waals surface area contributed by atoms with Crippen LogP contribution < -0.4 is 5.32 Å². The van der Waals surface area contributed by atoms with Crippen molar-refractivity contribution in [2.24, 2.45) is 11.8 Å². The molecule has 6 heteroatoms. The van der Waals surface area contributed by atoms with E-state index in [0.717, 1.165) is 5.56 Å². The molecule has 0 heterocycles. The monoisotopic (exact) mass is 415 g/mol. The maximum absolute atomic E-state index is 13.5. The van der Waals surface area contributed by atoms with Gasteiger partial charge in [0, 0.05) is 5.69 Å². The average molecular weight is 415 g/mol. The predicted octanol–water partition coefficient (Wildman–Crippen LogP) is 2.75. The minimum absolute atomic E-state index is 0.312. The molecular formula is C25H21NO5. The molecular weight excluding hydrogens is 394 g/mol. The summed E-state index contributed by atoms with van der Waals surface area (Å²) < 4.78 is 0. The first-order chi connectivity index (χ1) is 14.8. The van der Waals surface area contributed by atoms with Crippen molar-refractivity contribution in [3.63, 3.8) is 0 Å². The zero-order chi connectivity index (χ0) is 22.0. The van der Waals surface area contributed by atoms with Gasteiger partial charge in [-0.3, -0.25) is 9.59 Å². The van der Waals surface area contributed by atoms with E-state index in [2.05, 4.69) is 5.32 Å². The van der Waals surface area contributed by atoms with E-state index in [1.54, 1.807) is 72.8 Å². The number of hydrogen-bond donors (Lipinski definition) is 4. The smallest absolute Gasteiger partial charge is 0.311 e. The number of nitrogens with one attached hydrogen (secondary N) is 1. The maximum atomic E-state index is 13.5. The van der Waals surface area contributed by atoms with Gasteiger partial charge in [0.25, 0.3) is 0 Å². The number of carboxylic acid groups (broad SMARTS) is 1. The number of para-hydroxylation sites is 1. The van der Waals surface area contributed by atoms with Gasteiger partial charge in [-0.05, 0) is 41.3 Å². The summed E-state index contributed by atoms with van der Waals surface area (Å²) >= 11 is 0. The summed E-state index contributed by atoms with van der Waals surface area (Å²) in [5, 5.41) is 37.0. The lowest BCUT2D eigenvalue weighted by Gasteiger charge is -2.57. The number of aryl methyl sites for hydroxylation is 1. The number of amides is 1. The Labute approximate surface area is 178 Å². The predicted molar refractivity (Wildman–Crippen MR) is 113 cm³/mol. The quantitative estimate of drug-likeness (QED) is 0.526. The van der Waals surface area contributed by atoms with Crippen molar-refractivity contribution in [3.8, 4) is 0 Å². The fraction of sp³-hybridized carbons (Fsp3) is 0.200. The molecule has 31 heavy (non-hydrogen) atoms. The van der Waals surface area contributed by atoms with Gasteiger partial charge in [-0.25, -0.2) is 0 Å². The molecule has 0 radical (unpaired) electrons. The van der Waals surface area contributed by atoms with E-state index >= 15 is 0 Å². The summed E-state index contributed by atoms with van der Waals surface area (Å²) in [6, 6.07) is 20.4. The van der Waals surface area contributed by atoms with Crippen LogP contribution in [0.3, 0.4) is 0 Å². The lowest BCUT2D eigenvalue weighted by molar-refractivity contribution is -0.178. The van der Waals surface area contributed by atoms with E-state index in [1.165, 1.54) is 0 Å². The Morgan fingerprint density at radius 2 is 1.32 bits per heavy atom. The Morgan fingerprint density at radius 1 is 0.774 bits per heavy atom. The van der Waals surface area contributed by atoms with Crippen LogP contribution in [0.4, 0.5) is 5.69 Å². The Kier molecular flexibility index (Phi) is 4.09. The molecule has 0 aromatic heterocycles. The van der Waals surface area contributed by atoms with Gasteiger partial charge in [0.2, 0.25) is 5.91 Å². The second kappa shape index (κ2) is 6.51. The molecule has 3 aliphatic carbocycles. The molecule has 3 aromatic carbocycles. The lowest BCUT2D eigenvalue weighted by Crippen LogP contribution is -2.65. The highest BCUT2D eigenvalue weighted by molar-refractivity contribution is 5.98. The van der Waals surface area contributed by atoms with E-state index in [4.69, 9.17) is 0 Å². The molecule has 6 rings (SSSR count). The van der Waals surface area contributed by atoms with Gasteiger partial charge < -0.3 is 20.6 Å². The third-order valence-electron chi connectivity index (χ3n) is 6.57. The van der Waals surface area contributed by atoms with Gasteiger partial charge >= 0.3 is 5.97 Å². The summed E-state index contributed by atoms with van der Waals surface area (Å²) in [5.41, 5.74) is -1.25. The molecule has 156 valence electrons. The fourth-order valence-electron chi connectivity index (χ4n) is 5.30. The standard InChI is InChI=1S/C25H21NO5/c1-14-11-12-18-19(13-14)25(31)17-10-6-5-9-16(17)24(18,30)20(21(25)23(28)29)22(27)26-15-7-3-2-4-8-15/h2-13,20-21,30-31H,1H3,(H,26,27)(H,28,29). The lowest BCUT2D eigenvalue weighted by atomic mass is 9.49. The molecule has 0 spiro atoms. The van der Waals surface area contributed by atoms with Crippen molar-refractivity contribution in [3.05, 3.63) is 101 Å². The zero-order valence-electron chi connectivity index (χ0n) is 16.7. The molecule has 0 aliphatic heterocycles. The molecule has 0 saturated heterocycles. The molecule has 6 nitrogen and oxygen atoms in total. The Hall–Kier alpha value is -3.48. The molecule has 3 aliphatic rings. The minimum Gasteiger partial charge on any atom is -0.481 e. The Balaban J connectivity index is 1.79. The minimum atomic E-state index is -1.97. The number of anilines is 1. The van der Waals surface area contributed by atoms with Gasteiger partial charge in [-0.2, -0.15) is 0 Å². The first kappa shape index (κ1) is 19.5. The number of carboxylic acids is 1. The van der Waals surface area contributed by atoms with Crippen molar-refractivity contribution in [2.45, 2.75) is 18.1 Å². The SMILES string of the molecule is Cc1ccc2c(c1)C1(O)c3ccccc3C2(O)C(C(=O)Nc2ccccc2)C1C(=O)O. The van der Waals surface area contributed by atoms with Crippen molar-refractivity contribution < 1.29 is 24.9 Å². The van der Waals surface area contributed by atoms with Crippen molar-refractivity contribution in [1.82, 2.24) is 0 Å². The number of hydrogen-bond acceptors (Lipinski definition) is 4. The van der Waals surface area contributed by atoms with Crippen LogP contribution in [0.25, 0.3) is 0 Å². The van der Waals surface area contributed by atoms with Crippen LogP contribution in [0.2, 0.25) is 0 Å². The van der Waals surface area contributed by atoms with E-state index in [9.17, 15) is 24.9 Å². The molecule has 0 saturated carbocycles. The molecule has 4 atom stereocenters. The molecule has 2 bridgehead atoms. The van der Waals surface area contributed by atoms with Gasteiger partial charge in [0.1, 0.15) is 17.1 Å². The number of fused-ring (bicyclic) bond motifs is 1. The van der Waals surface area contributed by atoms with Crippen LogP contribution in [0, 0.1) is 18.8 Å². The fourth-order valence-corrected chi connectivity index (χ4v) is 5.30. The van der Waals surface area contributed by atoms with Crippen LogP contribution in [0.1, 0.15) is 27.8 Å². The molecule has 0 fully saturated rings. The topological polar surface area (TPSA) is 107 Å². The molecule has 4 N–H and O–H groups in total. The summed E-state index contributed by atoms with van der Waals surface area (Å²) in [5.74, 6) is -5.04. The maximum Gasteiger partial charge on any atom is 0.311 e. The number of carbonyl (C=O) groups is 2. The van der Waals surface area contributed by atoms with E-state index in [-0.39, 0.29) is 0 Å². The van der Waals surface area contributed by atoms with Crippen LogP contribution in [-0.4, -0.2) is 27.2 Å². The number of aliphatic hydroxyl groups is 2. The Bertz CT molecular complexity index is 1220. The van der Waals surface area contributed by atoms with Crippen molar-refractivity contribution in [2.75, 3.05) is 5.32 Å². The van der Waals surface area contributed by atoms with Crippen molar-refractivity contribution >= 4 is 17.6 Å². The summed E-state index contributed by atoms with van der Waals surface area (Å²) in [4.78, 5) is 26.0. The summed E-state index contributed by atoms with van der Waals surface area (Å²) in [7, 11) is 0. The third-order valence-corrected chi connectivity index (χ3v) is 6.57. The van der Waals surface area contributed by atoms with Crippen LogP contribution in [0.15, 0.2) is 72.8 Å². The molecule has 3 aromatic rings. The van der Waals surface area contributed by atoms with Gasteiger partial charge in [0.15, 0.2) is 0 Å². The van der Waals surface area contributed by atoms with E-state index in [0.29, 0.717) is 27.9 Å². The van der Waals surface area contributed by atoms with Gasteiger partial charge in [-0.15, -0.1) is 0 Å². The molecule has 4 unspecified atom stereocenters. The average Bonchev–Trinajstić information content (AvgIpc) is 2.75. The number of carbonyl (C=O) groups excluding carboxylic acids is 1. The second-order valence-corrected chi connectivity index (χ2v) is 8.28. The van der Waals surface area contributed by atoms with Gasteiger partial charge in [-0.1, -0.05) is 66.2 Å². The van der Waals surface area contributed by atoms with E-state index in [1.807, 2.05) is 6.92 Å². The van der Waals surface area contributed by atoms with Gasteiger partial charge in [0.05, 0.1) is 5.92 Å². The number of aliphatic carboxylic acids is 1. The summed E-state index contributed by atoms with van der Waals surface area (Å²) in [6.07, 6.45) is 0. The van der Waals surface area contributed by atoms with E-state index < -0.39 is 34.9 Å². The first-order valence-electron chi connectivity index (χ1n) is 10.0. The number of rotatable bonds is 3. The molecule has 1 amide bonds. The zero-order valence-corrected chi connectivity index (χ0v) is 16.7. The highest BCUT2D eigenvalue weighted by Gasteiger charge is 2.69. The third kappa shape index (κ3) is 2.46. The Morgan fingerprint density at radius 3 is 1.94 bits per heavy atom. The largest absolute Gasteiger partial charge is 0.481 e. The summed E-state index contributed by atoms with van der Waals surface area (Å²) in [6.45, 7) is 1.83. The first-order valence-corrected chi connectivity index (χ1v) is 10.0. The van der Waals surface area contributed by atoms with Crippen molar-refractivity contribution in [1.29, 1.82) is 0 Å². The number of benzene rings is 3. The second-order valence-electron chi connectivity index (χ2n) is 8.28. The highest BCUT2D eigenvalue weighted by atomic mass is 16.4. The highest BCUT2D eigenvalue weighted by Crippen LogP contribution is 2.62. The van der Waals surface area contributed by atoms with Crippen LogP contribution in [-0.2, 0) is 20.8 Å². The normalized spacial score (nSPS) is 27.8. The van der Waals surface area contributed by atoms with Crippen LogP contribution >= 0.6 is 0 Å².